The molecule has 0 radical (unpaired) electrons. The van der Waals surface area contributed by atoms with Crippen molar-refractivity contribution in [3.8, 4) is 0 Å². The molecule has 0 spiro atoms. The number of amides is 1. The Morgan fingerprint density at radius 2 is 1.48 bits per heavy atom. The van der Waals surface area contributed by atoms with E-state index < -0.39 is 5.60 Å². The number of nitrogens with zero attached hydrogens (tertiary/aromatic N) is 2. The molecule has 0 N–H and O–H groups in total. The highest BCUT2D eigenvalue weighted by molar-refractivity contribution is 5.71. The van der Waals surface area contributed by atoms with Crippen LogP contribution in [-0.4, -0.2) is 66.8 Å². The van der Waals surface area contributed by atoms with Crippen LogP contribution < -0.4 is 0 Å². The summed E-state index contributed by atoms with van der Waals surface area (Å²) in [5.41, 5.74) is -0.431. The summed E-state index contributed by atoms with van der Waals surface area (Å²) in [6.07, 6.45) is 4.20. The van der Waals surface area contributed by atoms with Crippen LogP contribution in [0.15, 0.2) is 0 Å². The quantitative estimate of drug-likeness (QED) is 0.727. The van der Waals surface area contributed by atoms with E-state index in [1.165, 1.54) is 0 Å². The molecule has 0 aliphatic carbocycles. The van der Waals surface area contributed by atoms with E-state index in [9.17, 15) is 9.59 Å². The molecular formula is C19H34N2O4. The topological polar surface area (TPSA) is 59.1 Å². The van der Waals surface area contributed by atoms with Crippen molar-refractivity contribution in [3.05, 3.63) is 0 Å². The first-order chi connectivity index (χ1) is 11.8. The number of rotatable bonds is 4. The van der Waals surface area contributed by atoms with E-state index >= 15 is 0 Å². The molecule has 2 aliphatic rings. The van der Waals surface area contributed by atoms with Crippen molar-refractivity contribution in [1.82, 2.24) is 9.80 Å². The highest BCUT2D eigenvalue weighted by atomic mass is 16.6. The van der Waals surface area contributed by atoms with Crippen molar-refractivity contribution in [1.29, 1.82) is 0 Å². The second kappa shape index (κ2) is 8.88. The highest BCUT2D eigenvalue weighted by Gasteiger charge is 2.32. The lowest BCUT2D eigenvalue weighted by molar-refractivity contribution is -0.144. The molecule has 0 atom stereocenters. The van der Waals surface area contributed by atoms with Crippen LogP contribution in [0.1, 0.15) is 53.4 Å². The lowest BCUT2D eigenvalue weighted by Crippen LogP contribution is -2.45. The van der Waals surface area contributed by atoms with Crippen molar-refractivity contribution in [2.45, 2.75) is 59.0 Å². The van der Waals surface area contributed by atoms with E-state index in [4.69, 9.17) is 9.47 Å². The van der Waals surface area contributed by atoms with Gasteiger partial charge in [-0.25, -0.2) is 4.79 Å². The van der Waals surface area contributed by atoms with Crippen LogP contribution in [0.25, 0.3) is 0 Å². The van der Waals surface area contributed by atoms with E-state index in [1.54, 1.807) is 0 Å². The third kappa shape index (κ3) is 6.49. The number of hydrogen-bond acceptors (Lipinski definition) is 5. The Morgan fingerprint density at radius 3 is 1.96 bits per heavy atom. The van der Waals surface area contributed by atoms with Crippen LogP contribution >= 0.6 is 0 Å². The number of hydrogen-bond donors (Lipinski definition) is 0. The Labute approximate surface area is 151 Å². The summed E-state index contributed by atoms with van der Waals surface area (Å²) in [7, 11) is 0. The Hall–Kier alpha value is -1.30. The van der Waals surface area contributed by atoms with Gasteiger partial charge in [0.05, 0.1) is 13.2 Å². The maximum atomic E-state index is 12.1. The molecule has 144 valence electrons. The van der Waals surface area contributed by atoms with E-state index in [1.807, 2.05) is 32.6 Å². The first-order valence-corrected chi connectivity index (χ1v) is 9.64. The second-order valence-electron chi connectivity index (χ2n) is 8.22. The Kier molecular flexibility index (Phi) is 7.11. The SMILES string of the molecule is CCOC(=O)CN1CCC(C2CCN(C(=O)OC(C)(C)C)CC2)CC1. The Bertz CT molecular complexity index is 445. The average molecular weight is 354 g/mol. The van der Waals surface area contributed by atoms with Crippen molar-refractivity contribution < 1.29 is 19.1 Å². The fourth-order valence-electron chi connectivity index (χ4n) is 3.85. The normalized spacial score (nSPS) is 21.2. The van der Waals surface area contributed by atoms with Gasteiger partial charge in [0.1, 0.15) is 5.60 Å². The van der Waals surface area contributed by atoms with Crippen molar-refractivity contribution >= 4 is 12.1 Å². The minimum Gasteiger partial charge on any atom is -0.465 e. The van der Waals surface area contributed by atoms with Gasteiger partial charge in [0.2, 0.25) is 0 Å². The first kappa shape index (κ1) is 20.0. The van der Waals surface area contributed by atoms with Gasteiger partial charge in [-0.2, -0.15) is 0 Å². The zero-order valence-electron chi connectivity index (χ0n) is 16.3. The van der Waals surface area contributed by atoms with Crippen molar-refractivity contribution in [3.63, 3.8) is 0 Å². The molecule has 0 aromatic heterocycles. The summed E-state index contributed by atoms with van der Waals surface area (Å²) < 4.78 is 10.5. The number of piperidine rings is 2. The fourth-order valence-corrected chi connectivity index (χ4v) is 3.85. The number of esters is 1. The van der Waals surface area contributed by atoms with Crippen molar-refractivity contribution in [2.75, 3.05) is 39.3 Å². The van der Waals surface area contributed by atoms with Gasteiger partial charge in [-0.15, -0.1) is 0 Å². The highest BCUT2D eigenvalue weighted by Crippen LogP contribution is 2.32. The zero-order chi connectivity index (χ0) is 18.4. The standard InChI is InChI=1S/C19H34N2O4/c1-5-24-17(22)14-20-10-6-15(7-11-20)16-8-12-21(13-9-16)18(23)25-19(2,3)4/h15-16H,5-14H2,1-4H3. The van der Waals surface area contributed by atoms with Gasteiger partial charge in [-0.3, -0.25) is 9.69 Å². The zero-order valence-corrected chi connectivity index (χ0v) is 16.3. The Morgan fingerprint density at radius 1 is 0.960 bits per heavy atom. The van der Waals surface area contributed by atoms with Crippen LogP contribution in [0.2, 0.25) is 0 Å². The molecule has 2 heterocycles. The van der Waals surface area contributed by atoms with Gasteiger partial charge in [0.25, 0.3) is 0 Å². The van der Waals surface area contributed by atoms with Gasteiger partial charge >= 0.3 is 12.1 Å². The van der Waals surface area contributed by atoms with Crippen LogP contribution in [0.5, 0.6) is 0 Å². The molecule has 25 heavy (non-hydrogen) atoms. The van der Waals surface area contributed by atoms with Crippen LogP contribution in [0.3, 0.4) is 0 Å². The minimum absolute atomic E-state index is 0.119. The molecule has 0 aromatic carbocycles. The molecule has 2 aliphatic heterocycles. The maximum absolute atomic E-state index is 12.1. The van der Waals surface area contributed by atoms with E-state index in [-0.39, 0.29) is 12.1 Å². The van der Waals surface area contributed by atoms with E-state index in [2.05, 4.69) is 4.90 Å². The summed E-state index contributed by atoms with van der Waals surface area (Å²) in [5, 5.41) is 0. The molecule has 6 nitrogen and oxygen atoms in total. The maximum Gasteiger partial charge on any atom is 0.410 e. The predicted molar refractivity (Wildman–Crippen MR) is 96.3 cm³/mol. The largest absolute Gasteiger partial charge is 0.465 e. The van der Waals surface area contributed by atoms with E-state index in [0.29, 0.717) is 25.0 Å². The first-order valence-electron chi connectivity index (χ1n) is 9.64. The lowest BCUT2D eigenvalue weighted by Gasteiger charge is -2.40. The number of carbonyl (C=O) groups is 2. The Balaban J connectivity index is 1.70. The summed E-state index contributed by atoms with van der Waals surface area (Å²) in [6.45, 7) is 11.9. The number of carbonyl (C=O) groups excluding carboxylic acids is 2. The van der Waals surface area contributed by atoms with E-state index in [0.717, 1.165) is 51.9 Å². The monoisotopic (exact) mass is 354 g/mol. The molecule has 2 rings (SSSR count). The van der Waals surface area contributed by atoms with Crippen LogP contribution in [0, 0.1) is 11.8 Å². The van der Waals surface area contributed by atoms with Crippen LogP contribution in [0.4, 0.5) is 4.79 Å². The molecule has 2 saturated heterocycles. The predicted octanol–water partition coefficient (Wildman–Crippen LogP) is 2.91. The van der Waals surface area contributed by atoms with Gasteiger partial charge in [-0.1, -0.05) is 0 Å². The number of ether oxygens (including phenoxy) is 2. The summed E-state index contributed by atoms with van der Waals surface area (Å²) >= 11 is 0. The molecule has 0 aromatic rings. The molecule has 0 unspecified atom stereocenters. The second-order valence-corrected chi connectivity index (χ2v) is 8.22. The molecule has 2 fully saturated rings. The molecule has 6 heteroatoms. The third-order valence-electron chi connectivity index (χ3n) is 5.15. The minimum atomic E-state index is -0.431. The van der Waals surface area contributed by atoms with Gasteiger partial charge in [-0.05, 0) is 78.3 Å². The van der Waals surface area contributed by atoms with Crippen molar-refractivity contribution in [2.24, 2.45) is 11.8 Å². The number of likely N-dealkylation sites (tertiary alicyclic amines) is 2. The summed E-state index contributed by atoms with van der Waals surface area (Å²) in [4.78, 5) is 27.8. The molecular weight excluding hydrogens is 320 g/mol. The lowest BCUT2D eigenvalue weighted by atomic mass is 9.79. The summed E-state index contributed by atoms with van der Waals surface area (Å²) in [5.74, 6) is 1.27. The average Bonchev–Trinajstić information content (AvgIpc) is 2.54. The van der Waals surface area contributed by atoms with Gasteiger partial charge in [0, 0.05) is 13.1 Å². The summed E-state index contributed by atoms with van der Waals surface area (Å²) in [6, 6.07) is 0. The molecule has 0 saturated carbocycles. The van der Waals surface area contributed by atoms with Gasteiger partial charge in [0.15, 0.2) is 0 Å². The van der Waals surface area contributed by atoms with Crippen LogP contribution in [-0.2, 0) is 14.3 Å². The third-order valence-corrected chi connectivity index (χ3v) is 5.15. The molecule has 0 bridgehead atoms. The van der Waals surface area contributed by atoms with Gasteiger partial charge < -0.3 is 14.4 Å². The smallest absolute Gasteiger partial charge is 0.410 e. The molecule has 1 amide bonds. The fraction of sp³-hybridized carbons (Fsp3) is 0.895.